The van der Waals surface area contributed by atoms with Crippen molar-refractivity contribution in [1.82, 2.24) is 20.1 Å². The summed E-state index contributed by atoms with van der Waals surface area (Å²) in [6.07, 6.45) is 0. The van der Waals surface area contributed by atoms with Crippen molar-refractivity contribution in [3.05, 3.63) is 70.9 Å². The fraction of sp³-hybridized carbons (Fsp3) is 0.150. The third-order valence-electron chi connectivity index (χ3n) is 4.33. The van der Waals surface area contributed by atoms with E-state index in [1.807, 2.05) is 6.92 Å². The first-order valence-electron chi connectivity index (χ1n) is 8.85. The van der Waals surface area contributed by atoms with Gasteiger partial charge in [-0.1, -0.05) is 29.3 Å². The average molecular weight is 447 g/mol. The molecule has 3 rings (SSSR count). The lowest BCUT2D eigenvalue weighted by atomic mass is 10.1. The highest BCUT2D eigenvalue weighted by Crippen LogP contribution is 2.17. The van der Waals surface area contributed by atoms with E-state index in [0.29, 0.717) is 21.6 Å². The summed E-state index contributed by atoms with van der Waals surface area (Å²) in [4.78, 5) is 28.6. The highest BCUT2D eigenvalue weighted by molar-refractivity contribution is 7.89. The van der Waals surface area contributed by atoms with Crippen LogP contribution in [0.25, 0.3) is 10.9 Å². The van der Waals surface area contributed by atoms with Gasteiger partial charge < -0.3 is 0 Å². The molecule has 0 fully saturated rings. The molecule has 0 spiro atoms. The maximum atomic E-state index is 12.5. The number of carbonyl (C=O) groups is 2. The van der Waals surface area contributed by atoms with Gasteiger partial charge in [0.05, 0.1) is 17.0 Å². The number of amides is 2. The molecule has 3 aromatic rings. The van der Waals surface area contributed by atoms with Gasteiger partial charge >= 0.3 is 0 Å². The summed E-state index contributed by atoms with van der Waals surface area (Å²) in [7, 11) is -2.54. The van der Waals surface area contributed by atoms with Crippen LogP contribution in [-0.2, 0) is 14.8 Å². The van der Waals surface area contributed by atoms with Crippen LogP contribution in [0.15, 0.2) is 59.5 Å². The van der Waals surface area contributed by atoms with E-state index < -0.39 is 28.4 Å². The van der Waals surface area contributed by atoms with Crippen LogP contribution in [0, 0.1) is 6.92 Å². The number of fused-ring (bicyclic) bond motifs is 1. The highest BCUT2D eigenvalue weighted by atomic mass is 35.5. The number of rotatable bonds is 5. The number of halogens is 1. The van der Waals surface area contributed by atoms with Crippen molar-refractivity contribution in [2.24, 2.45) is 0 Å². The van der Waals surface area contributed by atoms with Gasteiger partial charge in [0, 0.05) is 18.0 Å². The zero-order chi connectivity index (χ0) is 21.9. The Kier molecular flexibility index (Phi) is 6.35. The third-order valence-corrected chi connectivity index (χ3v) is 6.36. The number of sulfonamides is 1. The molecule has 2 aromatic carbocycles. The Morgan fingerprint density at radius 2 is 1.73 bits per heavy atom. The van der Waals surface area contributed by atoms with Crippen molar-refractivity contribution in [3.8, 4) is 0 Å². The topological polar surface area (TPSA) is 108 Å². The molecule has 2 N–H and O–H groups in total. The van der Waals surface area contributed by atoms with Crippen LogP contribution >= 0.6 is 11.6 Å². The number of hydrogen-bond acceptors (Lipinski definition) is 5. The summed E-state index contributed by atoms with van der Waals surface area (Å²) in [5, 5.41) is 1.05. The van der Waals surface area contributed by atoms with E-state index in [9.17, 15) is 18.0 Å². The number of benzene rings is 2. The molecule has 1 aromatic heterocycles. The zero-order valence-electron chi connectivity index (χ0n) is 16.2. The predicted octanol–water partition coefficient (Wildman–Crippen LogP) is 2.28. The van der Waals surface area contributed by atoms with Crippen LogP contribution in [-0.4, -0.2) is 43.1 Å². The van der Waals surface area contributed by atoms with Gasteiger partial charge in [-0.15, -0.1) is 0 Å². The summed E-state index contributed by atoms with van der Waals surface area (Å²) in [6.45, 7) is 1.38. The minimum absolute atomic E-state index is 0.0808. The number of likely N-dealkylation sites (N-methyl/N-ethyl adjacent to an activating group) is 1. The fourth-order valence-electron chi connectivity index (χ4n) is 2.66. The van der Waals surface area contributed by atoms with Crippen LogP contribution in [0.1, 0.15) is 15.9 Å². The number of carbonyl (C=O) groups excluding carboxylic acids is 2. The Balaban J connectivity index is 1.60. The Labute approximate surface area is 178 Å². The lowest BCUT2D eigenvalue weighted by molar-refractivity contribution is -0.121. The Bertz CT molecular complexity index is 1210. The van der Waals surface area contributed by atoms with Crippen molar-refractivity contribution in [1.29, 1.82) is 0 Å². The first kappa shape index (κ1) is 21.7. The number of hydrogen-bond donors (Lipinski definition) is 2. The number of hydrazine groups is 1. The summed E-state index contributed by atoms with van der Waals surface area (Å²) in [5.74, 6) is -1.24. The molecule has 0 unspecified atom stereocenters. The molecule has 2 amide bonds. The second kappa shape index (κ2) is 8.78. The molecule has 1 heterocycles. The number of aromatic nitrogens is 1. The van der Waals surface area contributed by atoms with Crippen molar-refractivity contribution >= 4 is 44.3 Å². The quantitative estimate of drug-likeness (QED) is 0.461. The molecule has 0 saturated heterocycles. The van der Waals surface area contributed by atoms with E-state index in [1.165, 1.54) is 19.2 Å². The van der Waals surface area contributed by atoms with Gasteiger partial charge in [-0.3, -0.25) is 20.4 Å². The molecule has 0 aliphatic carbocycles. The average Bonchev–Trinajstić information content (AvgIpc) is 2.71. The second-order valence-electron chi connectivity index (χ2n) is 6.62. The number of aryl methyl sites for hydroxylation is 1. The maximum absolute atomic E-state index is 12.5. The van der Waals surface area contributed by atoms with E-state index in [-0.39, 0.29) is 4.90 Å². The van der Waals surface area contributed by atoms with Gasteiger partial charge in [-0.05, 0) is 49.4 Å². The van der Waals surface area contributed by atoms with E-state index in [2.05, 4.69) is 15.8 Å². The highest BCUT2D eigenvalue weighted by Gasteiger charge is 2.23. The Morgan fingerprint density at radius 1 is 1.03 bits per heavy atom. The molecule has 0 atom stereocenters. The molecule has 0 bridgehead atoms. The van der Waals surface area contributed by atoms with Crippen molar-refractivity contribution in [2.45, 2.75) is 11.8 Å². The number of pyridine rings is 1. The second-order valence-corrected chi connectivity index (χ2v) is 9.05. The molecule has 8 nitrogen and oxygen atoms in total. The van der Waals surface area contributed by atoms with E-state index in [4.69, 9.17) is 11.6 Å². The van der Waals surface area contributed by atoms with Crippen LogP contribution in [0.2, 0.25) is 5.15 Å². The minimum Gasteiger partial charge on any atom is -0.272 e. The van der Waals surface area contributed by atoms with Gasteiger partial charge in [0.25, 0.3) is 11.8 Å². The predicted molar refractivity (Wildman–Crippen MR) is 113 cm³/mol. The summed E-state index contributed by atoms with van der Waals surface area (Å²) < 4.78 is 26.0. The van der Waals surface area contributed by atoms with Crippen LogP contribution in [0.3, 0.4) is 0 Å². The standard InChI is InChI=1S/C20H19ClN4O4S/c1-13-3-7-16(8-4-13)30(28,29)25(2)12-19(26)23-24-20(27)15-5-9-17-14(11-15)6-10-18(21)22-17/h3-11H,12H2,1-2H3,(H,23,26)(H,24,27). The Morgan fingerprint density at radius 3 is 2.43 bits per heavy atom. The smallest absolute Gasteiger partial charge is 0.269 e. The minimum atomic E-state index is -3.83. The van der Waals surface area contributed by atoms with E-state index in [1.54, 1.807) is 42.5 Å². The summed E-state index contributed by atoms with van der Waals surface area (Å²) >= 11 is 5.84. The fourth-order valence-corrected chi connectivity index (χ4v) is 3.94. The van der Waals surface area contributed by atoms with Crippen molar-refractivity contribution < 1.29 is 18.0 Å². The van der Waals surface area contributed by atoms with Crippen molar-refractivity contribution in [2.75, 3.05) is 13.6 Å². The molecule has 0 radical (unpaired) electrons. The molecule has 156 valence electrons. The van der Waals surface area contributed by atoms with Crippen LogP contribution in [0.4, 0.5) is 0 Å². The first-order valence-corrected chi connectivity index (χ1v) is 10.7. The molecule has 30 heavy (non-hydrogen) atoms. The maximum Gasteiger partial charge on any atom is 0.269 e. The zero-order valence-corrected chi connectivity index (χ0v) is 17.8. The van der Waals surface area contributed by atoms with Gasteiger partial charge in [0.2, 0.25) is 10.0 Å². The molecular formula is C20H19ClN4O4S. The molecule has 0 aliphatic rings. The van der Waals surface area contributed by atoms with E-state index >= 15 is 0 Å². The van der Waals surface area contributed by atoms with Gasteiger partial charge in [0.1, 0.15) is 5.15 Å². The molecule has 0 aliphatic heterocycles. The number of nitrogens with one attached hydrogen (secondary N) is 2. The summed E-state index contributed by atoms with van der Waals surface area (Å²) in [6, 6.07) is 14.4. The normalized spacial score (nSPS) is 11.5. The van der Waals surface area contributed by atoms with Gasteiger partial charge in [-0.25, -0.2) is 13.4 Å². The van der Waals surface area contributed by atoms with Gasteiger partial charge in [0.15, 0.2) is 0 Å². The van der Waals surface area contributed by atoms with Crippen molar-refractivity contribution in [3.63, 3.8) is 0 Å². The molecule has 0 saturated carbocycles. The van der Waals surface area contributed by atoms with Gasteiger partial charge in [-0.2, -0.15) is 4.31 Å². The Hall–Kier alpha value is -3.01. The van der Waals surface area contributed by atoms with Crippen LogP contribution < -0.4 is 10.9 Å². The molecule has 10 heteroatoms. The SMILES string of the molecule is Cc1ccc(S(=O)(=O)N(C)CC(=O)NNC(=O)c2ccc3nc(Cl)ccc3c2)cc1. The molecular weight excluding hydrogens is 428 g/mol. The van der Waals surface area contributed by atoms with Crippen LogP contribution in [0.5, 0.6) is 0 Å². The first-order chi connectivity index (χ1) is 14.2. The van der Waals surface area contributed by atoms with E-state index in [0.717, 1.165) is 9.87 Å². The third kappa shape index (κ3) is 4.93. The number of nitrogens with zero attached hydrogens (tertiary/aromatic N) is 2. The lowest BCUT2D eigenvalue weighted by Crippen LogP contribution is -2.46. The summed E-state index contributed by atoms with van der Waals surface area (Å²) in [5.41, 5.74) is 6.34. The lowest BCUT2D eigenvalue weighted by Gasteiger charge is -2.17. The largest absolute Gasteiger partial charge is 0.272 e. The monoisotopic (exact) mass is 446 g/mol.